The number of carbonyl (C=O) groups is 2. The Morgan fingerprint density at radius 2 is 1.87 bits per heavy atom. The zero-order valence-electron chi connectivity index (χ0n) is 18.2. The number of likely N-dealkylation sites (tertiary alicyclic amines) is 1. The van der Waals surface area contributed by atoms with E-state index < -0.39 is 0 Å². The maximum Gasteiger partial charge on any atom is 0.227 e. The average molecular weight is 414 g/mol. The van der Waals surface area contributed by atoms with E-state index in [1.807, 2.05) is 18.2 Å². The predicted octanol–water partition coefficient (Wildman–Crippen LogP) is 2.74. The molecule has 2 aliphatic rings. The molecule has 0 unspecified atom stereocenters. The van der Waals surface area contributed by atoms with E-state index >= 15 is 0 Å². The summed E-state index contributed by atoms with van der Waals surface area (Å²) in [7, 11) is 3.50. The highest BCUT2D eigenvalue weighted by Gasteiger charge is 2.24. The average Bonchev–Trinajstić information content (AvgIpc) is 3.30. The number of benzene rings is 1. The molecule has 7 nitrogen and oxygen atoms in total. The van der Waals surface area contributed by atoms with Crippen LogP contribution in [0.1, 0.15) is 50.5 Å². The minimum atomic E-state index is 0.121. The van der Waals surface area contributed by atoms with Gasteiger partial charge in [-0.25, -0.2) is 0 Å². The molecule has 1 aromatic rings. The van der Waals surface area contributed by atoms with Crippen LogP contribution in [-0.2, 0) is 16.1 Å². The Bertz CT molecular complexity index is 750. The van der Waals surface area contributed by atoms with Crippen LogP contribution in [0.25, 0.3) is 0 Å². The van der Waals surface area contributed by atoms with Crippen LogP contribution in [-0.4, -0.2) is 49.9 Å². The molecule has 164 valence electrons. The standard InChI is InChI=1S/C23H35N5O2/c1-24-21(29)15-17-10-12-28(13-11-17)23(25-2)26-16-18-6-5-9-20(14-18)27-22(30)19-7-3-4-8-19/h5-6,9,14,17,19H,3-4,7-8,10-13,15-16H2,1-2H3,(H,24,29)(H,25,26)(H,27,30). The third-order valence-electron chi connectivity index (χ3n) is 6.25. The van der Waals surface area contributed by atoms with Crippen molar-refractivity contribution < 1.29 is 9.59 Å². The maximum atomic E-state index is 12.4. The number of piperidine rings is 1. The van der Waals surface area contributed by atoms with Gasteiger partial charge in [-0.2, -0.15) is 0 Å². The Balaban J connectivity index is 1.48. The molecule has 1 saturated heterocycles. The fraction of sp³-hybridized carbons (Fsp3) is 0.609. The normalized spacial score (nSPS) is 18.3. The van der Waals surface area contributed by atoms with Gasteiger partial charge in [0, 0.05) is 51.8 Å². The van der Waals surface area contributed by atoms with Gasteiger partial charge in [0.15, 0.2) is 5.96 Å². The fourth-order valence-electron chi connectivity index (χ4n) is 4.42. The van der Waals surface area contributed by atoms with Gasteiger partial charge in [0.2, 0.25) is 11.8 Å². The van der Waals surface area contributed by atoms with E-state index in [0.29, 0.717) is 18.9 Å². The molecule has 1 saturated carbocycles. The molecule has 1 aliphatic heterocycles. The first-order valence-electron chi connectivity index (χ1n) is 11.1. The van der Waals surface area contributed by atoms with E-state index in [4.69, 9.17) is 0 Å². The molecule has 2 fully saturated rings. The lowest BCUT2D eigenvalue weighted by atomic mass is 9.93. The number of rotatable bonds is 6. The summed E-state index contributed by atoms with van der Waals surface area (Å²) in [6.45, 7) is 2.45. The second-order valence-corrected chi connectivity index (χ2v) is 8.38. The fourth-order valence-corrected chi connectivity index (χ4v) is 4.42. The van der Waals surface area contributed by atoms with Crippen LogP contribution >= 0.6 is 0 Å². The molecule has 0 spiro atoms. The van der Waals surface area contributed by atoms with Gasteiger partial charge in [0.25, 0.3) is 0 Å². The second kappa shape index (κ2) is 11.0. The number of hydrogen-bond donors (Lipinski definition) is 3. The minimum absolute atomic E-state index is 0.121. The largest absolute Gasteiger partial charge is 0.359 e. The lowest BCUT2D eigenvalue weighted by Crippen LogP contribution is -2.45. The smallest absolute Gasteiger partial charge is 0.227 e. The highest BCUT2D eigenvalue weighted by Crippen LogP contribution is 2.26. The molecule has 1 heterocycles. The summed E-state index contributed by atoms with van der Waals surface area (Å²) in [4.78, 5) is 30.7. The molecular weight excluding hydrogens is 378 g/mol. The van der Waals surface area contributed by atoms with Gasteiger partial charge in [-0.05, 0) is 49.3 Å². The Morgan fingerprint density at radius 3 is 2.53 bits per heavy atom. The van der Waals surface area contributed by atoms with Gasteiger partial charge < -0.3 is 20.9 Å². The van der Waals surface area contributed by atoms with Crippen molar-refractivity contribution in [1.29, 1.82) is 0 Å². The van der Waals surface area contributed by atoms with Crippen molar-refractivity contribution in [2.75, 3.05) is 32.5 Å². The topological polar surface area (TPSA) is 85.8 Å². The monoisotopic (exact) mass is 413 g/mol. The van der Waals surface area contributed by atoms with Gasteiger partial charge in [-0.3, -0.25) is 14.6 Å². The summed E-state index contributed by atoms with van der Waals surface area (Å²) < 4.78 is 0. The van der Waals surface area contributed by atoms with E-state index in [9.17, 15) is 9.59 Å². The number of anilines is 1. The van der Waals surface area contributed by atoms with Crippen molar-refractivity contribution in [3.63, 3.8) is 0 Å². The minimum Gasteiger partial charge on any atom is -0.359 e. The molecule has 3 rings (SSSR count). The van der Waals surface area contributed by atoms with Crippen LogP contribution in [0.2, 0.25) is 0 Å². The number of hydrogen-bond acceptors (Lipinski definition) is 3. The van der Waals surface area contributed by atoms with Crippen molar-refractivity contribution in [1.82, 2.24) is 15.5 Å². The van der Waals surface area contributed by atoms with Crippen molar-refractivity contribution in [2.45, 2.75) is 51.5 Å². The molecule has 0 bridgehead atoms. The first-order chi connectivity index (χ1) is 14.6. The quantitative estimate of drug-likeness (QED) is 0.494. The molecule has 0 atom stereocenters. The number of guanidine groups is 1. The van der Waals surface area contributed by atoms with E-state index in [2.05, 4.69) is 31.9 Å². The van der Waals surface area contributed by atoms with Crippen molar-refractivity contribution in [3.8, 4) is 0 Å². The molecule has 0 aromatic heterocycles. The summed E-state index contributed by atoms with van der Waals surface area (Å²) in [5.74, 6) is 1.76. The molecule has 0 radical (unpaired) electrons. The van der Waals surface area contributed by atoms with Gasteiger partial charge in [-0.1, -0.05) is 25.0 Å². The summed E-state index contributed by atoms with van der Waals surface area (Å²) >= 11 is 0. The molecular formula is C23H35N5O2. The molecule has 3 N–H and O–H groups in total. The van der Waals surface area contributed by atoms with E-state index in [-0.39, 0.29) is 17.7 Å². The molecule has 7 heteroatoms. The summed E-state index contributed by atoms with van der Waals surface area (Å²) in [6.07, 6.45) is 6.92. The highest BCUT2D eigenvalue weighted by atomic mass is 16.2. The Kier molecular flexibility index (Phi) is 8.11. The van der Waals surface area contributed by atoms with Crippen molar-refractivity contribution >= 4 is 23.5 Å². The van der Waals surface area contributed by atoms with Crippen molar-refractivity contribution in [2.24, 2.45) is 16.8 Å². The van der Waals surface area contributed by atoms with Gasteiger partial charge in [0.05, 0.1) is 0 Å². The first-order valence-corrected chi connectivity index (χ1v) is 11.1. The zero-order chi connectivity index (χ0) is 21.3. The molecule has 2 amide bonds. The van der Waals surface area contributed by atoms with Crippen molar-refractivity contribution in [3.05, 3.63) is 29.8 Å². The SMILES string of the molecule is CN=C(NCc1cccc(NC(=O)C2CCCC2)c1)N1CCC(CC(=O)NC)CC1. The van der Waals surface area contributed by atoms with Crippen LogP contribution < -0.4 is 16.0 Å². The van der Waals surface area contributed by atoms with Gasteiger partial charge in [0.1, 0.15) is 0 Å². The molecule has 1 aliphatic carbocycles. The molecule has 1 aromatic carbocycles. The van der Waals surface area contributed by atoms with Crippen LogP contribution in [0.4, 0.5) is 5.69 Å². The first kappa shape index (κ1) is 22.1. The van der Waals surface area contributed by atoms with Crippen LogP contribution in [0, 0.1) is 11.8 Å². The van der Waals surface area contributed by atoms with Gasteiger partial charge >= 0.3 is 0 Å². The predicted molar refractivity (Wildman–Crippen MR) is 120 cm³/mol. The van der Waals surface area contributed by atoms with E-state index in [0.717, 1.165) is 68.8 Å². The third kappa shape index (κ3) is 6.21. The van der Waals surface area contributed by atoms with Crippen LogP contribution in [0.5, 0.6) is 0 Å². The lowest BCUT2D eigenvalue weighted by molar-refractivity contribution is -0.122. The summed E-state index contributed by atoms with van der Waals surface area (Å²) in [6, 6.07) is 8.01. The Labute approximate surface area is 179 Å². The Morgan fingerprint density at radius 1 is 1.13 bits per heavy atom. The summed E-state index contributed by atoms with van der Waals surface area (Å²) in [5.41, 5.74) is 1.96. The number of carbonyl (C=O) groups excluding carboxylic acids is 2. The summed E-state index contributed by atoms with van der Waals surface area (Å²) in [5, 5.41) is 9.23. The third-order valence-corrected chi connectivity index (χ3v) is 6.25. The molecule has 30 heavy (non-hydrogen) atoms. The zero-order valence-corrected chi connectivity index (χ0v) is 18.2. The second-order valence-electron chi connectivity index (χ2n) is 8.38. The number of nitrogens with one attached hydrogen (secondary N) is 3. The Hall–Kier alpha value is -2.57. The lowest BCUT2D eigenvalue weighted by Gasteiger charge is -2.34. The van der Waals surface area contributed by atoms with E-state index in [1.165, 1.54) is 0 Å². The van der Waals surface area contributed by atoms with E-state index in [1.54, 1.807) is 14.1 Å². The maximum absolute atomic E-state index is 12.4. The number of amides is 2. The highest BCUT2D eigenvalue weighted by molar-refractivity contribution is 5.92. The van der Waals surface area contributed by atoms with Crippen LogP contribution in [0.15, 0.2) is 29.3 Å². The van der Waals surface area contributed by atoms with Crippen LogP contribution in [0.3, 0.4) is 0 Å². The number of aliphatic imine (C=N–C) groups is 1. The number of nitrogens with zero attached hydrogens (tertiary/aromatic N) is 2. The van der Waals surface area contributed by atoms with Gasteiger partial charge in [-0.15, -0.1) is 0 Å².